The Kier molecular flexibility index (Phi) is 8.27. The van der Waals surface area contributed by atoms with E-state index in [2.05, 4.69) is 5.32 Å². The van der Waals surface area contributed by atoms with Crippen LogP contribution in [0.25, 0.3) is 0 Å². The number of thioether (sulfide) groups is 1. The summed E-state index contributed by atoms with van der Waals surface area (Å²) in [6.45, 7) is -0.325. The molecular formula is C31H26N4O9S2. The molecule has 0 radical (unpaired) electrons. The Bertz CT molecular complexity index is 1920. The minimum atomic E-state index is -0.946. The number of nitrogens with one attached hydrogen (secondary N) is 1. The zero-order chi connectivity index (χ0) is 32.7. The Morgan fingerprint density at radius 3 is 2.24 bits per heavy atom. The van der Waals surface area contributed by atoms with Crippen LogP contribution in [0, 0.1) is 16.0 Å². The van der Waals surface area contributed by atoms with Crippen LogP contribution in [0.2, 0.25) is 0 Å². The number of rotatable bonds is 9. The van der Waals surface area contributed by atoms with Crippen molar-refractivity contribution in [3.8, 4) is 17.2 Å². The molecule has 15 heteroatoms. The third kappa shape index (κ3) is 5.37. The van der Waals surface area contributed by atoms with Crippen LogP contribution in [-0.2, 0) is 20.9 Å². The second-order valence-electron chi connectivity index (χ2n) is 10.3. The first kappa shape index (κ1) is 30.9. The van der Waals surface area contributed by atoms with Gasteiger partial charge in [-0.05, 0) is 54.1 Å². The standard InChI is InChI=1S/C31H26N4O9S2/c1-42-20-11-5-17(6-12-20)32-23(36)15-33-30-27(46-31(33)39)24(16-4-13-21(43-2)22(14-16)44-3)25-26(45-30)29(38)34(28(25)37)18-7-9-19(10-8-18)35(40)41/h4-14,24-26H,15H2,1-3H3,(H,32,36)/t24-,25+,26-/m0/s1. The van der Waals surface area contributed by atoms with Gasteiger partial charge in [-0.25, -0.2) is 4.90 Å². The quantitative estimate of drug-likeness (QED) is 0.156. The number of carbonyl (C=O) groups is 3. The fourth-order valence-electron chi connectivity index (χ4n) is 5.66. The van der Waals surface area contributed by atoms with Crippen LogP contribution in [0.5, 0.6) is 17.2 Å². The number of thiazole rings is 1. The number of imide groups is 1. The van der Waals surface area contributed by atoms with Gasteiger partial charge in [0.15, 0.2) is 11.5 Å². The smallest absolute Gasteiger partial charge is 0.308 e. The molecule has 13 nitrogen and oxygen atoms in total. The first-order valence-electron chi connectivity index (χ1n) is 13.8. The monoisotopic (exact) mass is 662 g/mol. The van der Waals surface area contributed by atoms with Crippen molar-refractivity contribution in [2.24, 2.45) is 5.92 Å². The van der Waals surface area contributed by atoms with Gasteiger partial charge in [0.25, 0.3) is 5.69 Å². The summed E-state index contributed by atoms with van der Waals surface area (Å²) in [5.74, 6) is -1.70. The number of fused-ring (bicyclic) bond motifs is 2. The average molecular weight is 663 g/mol. The van der Waals surface area contributed by atoms with E-state index in [4.69, 9.17) is 14.2 Å². The van der Waals surface area contributed by atoms with Gasteiger partial charge in [-0.2, -0.15) is 0 Å². The number of nitrogens with zero attached hydrogens (tertiary/aromatic N) is 3. The normalized spacial score (nSPS) is 18.5. The number of carbonyl (C=O) groups excluding carboxylic acids is 3. The maximum Gasteiger partial charge on any atom is 0.308 e. The van der Waals surface area contributed by atoms with Crippen molar-refractivity contribution in [3.05, 3.63) is 97.0 Å². The van der Waals surface area contributed by atoms with Crippen LogP contribution in [0.1, 0.15) is 16.4 Å². The lowest BCUT2D eigenvalue weighted by molar-refractivity contribution is -0.384. The zero-order valence-corrected chi connectivity index (χ0v) is 26.3. The predicted octanol–water partition coefficient (Wildman–Crippen LogP) is 4.28. The van der Waals surface area contributed by atoms with Crippen molar-refractivity contribution >= 4 is 57.9 Å². The molecule has 236 valence electrons. The van der Waals surface area contributed by atoms with E-state index < -0.39 is 44.6 Å². The maximum absolute atomic E-state index is 14.1. The Labute approximate surface area is 269 Å². The van der Waals surface area contributed by atoms with Gasteiger partial charge in [0.2, 0.25) is 17.7 Å². The topological polar surface area (TPSA) is 159 Å². The Morgan fingerprint density at radius 2 is 1.61 bits per heavy atom. The fourth-order valence-corrected chi connectivity index (χ4v) is 8.43. The molecule has 3 aromatic carbocycles. The van der Waals surface area contributed by atoms with Crippen LogP contribution in [0.15, 0.2) is 76.6 Å². The Hall–Kier alpha value is -5.15. The van der Waals surface area contributed by atoms with E-state index in [-0.39, 0.29) is 17.9 Å². The van der Waals surface area contributed by atoms with Crippen LogP contribution in [-0.4, -0.2) is 53.8 Å². The summed E-state index contributed by atoms with van der Waals surface area (Å²) in [4.78, 5) is 66.4. The van der Waals surface area contributed by atoms with E-state index in [1.54, 1.807) is 42.5 Å². The van der Waals surface area contributed by atoms with E-state index in [9.17, 15) is 29.3 Å². The first-order chi connectivity index (χ1) is 22.1. The number of anilines is 2. The highest BCUT2D eigenvalue weighted by molar-refractivity contribution is 8.00. The predicted molar refractivity (Wildman–Crippen MR) is 170 cm³/mol. The van der Waals surface area contributed by atoms with Gasteiger partial charge in [-0.15, -0.1) is 0 Å². The van der Waals surface area contributed by atoms with Crippen molar-refractivity contribution < 1.29 is 33.5 Å². The van der Waals surface area contributed by atoms with Gasteiger partial charge in [0.1, 0.15) is 17.5 Å². The number of hydrogen-bond donors (Lipinski definition) is 1. The molecule has 0 saturated carbocycles. The van der Waals surface area contributed by atoms with Gasteiger partial charge in [-0.1, -0.05) is 29.2 Å². The van der Waals surface area contributed by atoms with Crippen molar-refractivity contribution in [1.29, 1.82) is 0 Å². The highest BCUT2D eigenvalue weighted by Crippen LogP contribution is 2.54. The lowest BCUT2D eigenvalue weighted by Crippen LogP contribution is -2.33. The third-order valence-electron chi connectivity index (χ3n) is 7.81. The summed E-state index contributed by atoms with van der Waals surface area (Å²) in [6.07, 6.45) is 0. The fraction of sp³-hybridized carbons (Fsp3) is 0.226. The van der Waals surface area contributed by atoms with Crippen LogP contribution >= 0.6 is 23.1 Å². The number of benzene rings is 3. The molecular weight excluding hydrogens is 636 g/mol. The van der Waals surface area contributed by atoms with Crippen LogP contribution in [0.3, 0.4) is 0 Å². The van der Waals surface area contributed by atoms with Gasteiger partial charge >= 0.3 is 4.87 Å². The van der Waals surface area contributed by atoms with Gasteiger partial charge in [0.05, 0.1) is 42.9 Å². The molecule has 3 amide bonds. The number of nitro benzene ring substituents is 1. The molecule has 46 heavy (non-hydrogen) atoms. The Balaban J connectivity index is 1.41. The lowest BCUT2D eigenvalue weighted by Gasteiger charge is -2.31. The summed E-state index contributed by atoms with van der Waals surface area (Å²) in [7, 11) is 4.50. The largest absolute Gasteiger partial charge is 0.497 e. The number of methoxy groups -OCH3 is 3. The van der Waals surface area contributed by atoms with E-state index in [1.165, 1.54) is 50.2 Å². The van der Waals surface area contributed by atoms with E-state index in [0.29, 0.717) is 38.4 Å². The summed E-state index contributed by atoms with van der Waals surface area (Å²) in [6, 6.07) is 17.0. The third-order valence-corrected chi connectivity index (χ3v) is 10.4. The molecule has 1 aromatic heterocycles. The van der Waals surface area contributed by atoms with Gasteiger partial charge in [-0.3, -0.25) is 33.9 Å². The SMILES string of the molecule is COc1ccc(NC(=O)Cn2c3c(sc2=O)[C@@H](c2ccc(OC)c(OC)c2)[C@H]2C(=O)N(c4ccc([N+](=O)[O-])cc4)C(=O)[C@H]2S3)cc1. The molecule has 2 aliphatic rings. The van der Waals surface area contributed by atoms with Crippen molar-refractivity contribution in [3.63, 3.8) is 0 Å². The van der Waals surface area contributed by atoms with Crippen molar-refractivity contribution in [1.82, 2.24) is 4.57 Å². The number of nitro groups is 1. The van der Waals surface area contributed by atoms with E-state index in [0.717, 1.165) is 28.0 Å². The number of amides is 3. The molecule has 0 bridgehead atoms. The second-order valence-corrected chi connectivity index (χ2v) is 12.5. The maximum atomic E-state index is 14.1. The van der Waals surface area contributed by atoms with Gasteiger partial charge in [0, 0.05) is 28.6 Å². The van der Waals surface area contributed by atoms with Crippen molar-refractivity contribution in [2.45, 2.75) is 22.7 Å². The zero-order valence-electron chi connectivity index (χ0n) is 24.6. The van der Waals surface area contributed by atoms with E-state index in [1.807, 2.05) is 0 Å². The Morgan fingerprint density at radius 1 is 0.913 bits per heavy atom. The second kappa shape index (κ2) is 12.3. The van der Waals surface area contributed by atoms with Gasteiger partial charge < -0.3 is 19.5 Å². The number of non-ortho nitro benzene ring substituents is 1. The number of aromatic nitrogens is 1. The highest BCUT2D eigenvalue weighted by atomic mass is 32.2. The molecule has 3 atom stereocenters. The summed E-state index contributed by atoms with van der Waals surface area (Å²) in [5.41, 5.74) is 1.13. The molecule has 2 aliphatic heterocycles. The number of ether oxygens (including phenoxy) is 3. The molecule has 4 aromatic rings. The van der Waals surface area contributed by atoms with Crippen LogP contribution in [0.4, 0.5) is 17.1 Å². The summed E-state index contributed by atoms with van der Waals surface area (Å²) < 4.78 is 17.4. The first-order valence-corrected chi connectivity index (χ1v) is 15.5. The summed E-state index contributed by atoms with van der Waals surface area (Å²) in [5, 5.41) is 13.4. The molecule has 1 fully saturated rings. The molecule has 3 heterocycles. The molecule has 0 aliphatic carbocycles. The lowest BCUT2D eigenvalue weighted by atomic mass is 9.83. The highest BCUT2D eigenvalue weighted by Gasteiger charge is 2.57. The molecule has 0 unspecified atom stereocenters. The summed E-state index contributed by atoms with van der Waals surface area (Å²) >= 11 is 1.98. The molecule has 0 spiro atoms. The van der Waals surface area contributed by atoms with Crippen molar-refractivity contribution in [2.75, 3.05) is 31.5 Å². The number of hydrogen-bond acceptors (Lipinski definition) is 11. The molecule has 1 N–H and O–H groups in total. The molecule has 6 rings (SSSR count). The van der Waals surface area contributed by atoms with Crippen LogP contribution < -0.4 is 29.3 Å². The molecule has 1 saturated heterocycles. The minimum absolute atomic E-state index is 0.183. The average Bonchev–Trinajstić information content (AvgIpc) is 3.50. The van der Waals surface area contributed by atoms with E-state index >= 15 is 0 Å². The minimum Gasteiger partial charge on any atom is -0.497 e.